The molecule has 38 heavy (non-hydrogen) atoms. The predicted molar refractivity (Wildman–Crippen MR) is 137 cm³/mol. The highest BCUT2D eigenvalue weighted by Crippen LogP contribution is 2.40. The van der Waals surface area contributed by atoms with E-state index in [2.05, 4.69) is 10.2 Å². The molecule has 1 aliphatic heterocycles. The van der Waals surface area contributed by atoms with Crippen LogP contribution in [0.15, 0.2) is 45.7 Å². The minimum Gasteiger partial charge on any atom is -0.493 e. The third-order valence-electron chi connectivity index (χ3n) is 6.27. The Morgan fingerprint density at radius 1 is 0.974 bits per heavy atom. The van der Waals surface area contributed by atoms with Crippen molar-refractivity contribution < 1.29 is 36.6 Å². The first-order valence-corrected chi connectivity index (χ1v) is 13.5. The van der Waals surface area contributed by atoms with Crippen molar-refractivity contribution in [2.24, 2.45) is 11.8 Å². The number of sulfonamides is 1. The van der Waals surface area contributed by atoms with Crippen LogP contribution >= 0.6 is 0 Å². The number of nitrogens with zero attached hydrogens (tertiary/aromatic N) is 3. The number of esters is 1. The van der Waals surface area contributed by atoms with E-state index in [1.54, 1.807) is 12.1 Å². The van der Waals surface area contributed by atoms with Gasteiger partial charge in [0.25, 0.3) is 5.89 Å². The Morgan fingerprint density at radius 3 is 2.13 bits per heavy atom. The van der Waals surface area contributed by atoms with Gasteiger partial charge in [0.1, 0.15) is 0 Å². The van der Waals surface area contributed by atoms with Gasteiger partial charge in [-0.15, -0.1) is 10.2 Å². The number of piperidine rings is 1. The van der Waals surface area contributed by atoms with E-state index in [-0.39, 0.29) is 28.8 Å². The lowest BCUT2D eigenvalue weighted by molar-refractivity contribution is 0.0438. The first-order valence-electron chi connectivity index (χ1n) is 12.1. The van der Waals surface area contributed by atoms with E-state index in [4.69, 9.17) is 23.4 Å². The first-order chi connectivity index (χ1) is 18.2. The van der Waals surface area contributed by atoms with E-state index in [9.17, 15) is 13.2 Å². The molecule has 0 aliphatic carbocycles. The molecule has 12 heteroatoms. The average molecular weight is 546 g/mol. The van der Waals surface area contributed by atoms with Crippen LogP contribution < -0.4 is 14.2 Å². The Labute approximate surface area is 221 Å². The van der Waals surface area contributed by atoms with E-state index >= 15 is 0 Å². The summed E-state index contributed by atoms with van der Waals surface area (Å²) in [4.78, 5) is 12.7. The Balaban J connectivity index is 1.41. The van der Waals surface area contributed by atoms with E-state index < -0.39 is 16.0 Å². The molecule has 4 rings (SSSR count). The second-order valence-corrected chi connectivity index (χ2v) is 11.2. The SMILES string of the molecule is COc1cc(-c2nnc(COC(=O)c3ccc(S(=O)(=O)N4CC(C)CC(C)C4)cc3)o2)cc(OC)c1OC. The van der Waals surface area contributed by atoms with Gasteiger partial charge in [-0.25, -0.2) is 13.2 Å². The topological polar surface area (TPSA) is 130 Å². The molecule has 11 nitrogen and oxygen atoms in total. The lowest BCUT2D eigenvalue weighted by Crippen LogP contribution is -2.42. The second kappa shape index (κ2) is 11.4. The zero-order valence-corrected chi connectivity index (χ0v) is 22.8. The minimum absolute atomic E-state index is 0.0784. The fourth-order valence-electron chi connectivity index (χ4n) is 4.56. The van der Waals surface area contributed by atoms with Crippen LogP contribution in [0.5, 0.6) is 17.2 Å². The number of hydrogen-bond acceptors (Lipinski definition) is 10. The zero-order valence-electron chi connectivity index (χ0n) is 22.0. The molecular formula is C26H31N3O8S. The van der Waals surface area contributed by atoms with Crippen LogP contribution in [0.3, 0.4) is 0 Å². The standard InChI is InChI=1S/C26H31N3O8S/c1-16-10-17(2)14-29(13-16)38(31,32)20-8-6-18(7-9-20)26(30)36-15-23-27-28-25(37-23)19-11-21(33-3)24(35-5)22(12-19)34-4/h6-9,11-12,16-17H,10,13-15H2,1-5H3. The molecule has 0 spiro atoms. The van der Waals surface area contributed by atoms with Gasteiger partial charge in [-0.3, -0.25) is 0 Å². The summed E-state index contributed by atoms with van der Waals surface area (Å²) in [5.41, 5.74) is 0.729. The molecule has 0 amide bonds. The van der Waals surface area contributed by atoms with Crippen LogP contribution in [-0.4, -0.2) is 63.3 Å². The quantitative estimate of drug-likeness (QED) is 0.366. The van der Waals surface area contributed by atoms with E-state index in [0.29, 0.717) is 47.7 Å². The summed E-state index contributed by atoms with van der Waals surface area (Å²) in [5.74, 6) is 1.45. The average Bonchev–Trinajstić information content (AvgIpc) is 3.39. The molecule has 0 bridgehead atoms. The molecule has 2 unspecified atom stereocenters. The van der Waals surface area contributed by atoms with Crippen molar-refractivity contribution in [2.75, 3.05) is 34.4 Å². The summed E-state index contributed by atoms with van der Waals surface area (Å²) in [6.45, 7) is 4.81. The normalized spacial score (nSPS) is 18.1. The highest BCUT2D eigenvalue weighted by atomic mass is 32.2. The fourth-order valence-corrected chi connectivity index (χ4v) is 6.24. The van der Waals surface area contributed by atoms with Crippen molar-refractivity contribution >= 4 is 16.0 Å². The molecule has 1 aromatic heterocycles. The summed E-state index contributed by atoms with van der Waals surface area (Å²) >= 11 is 0. The van der Waals surface area contributed by atoms with Gasteiger partial charge in [0.05, 0.1) is 31.8 Å². The molecule has 2 aromatic carbocycles. The molecule has 0 saturated carbocycles. The lowest BCUT2D eigenvalue weighted by Gasteiger charge is -2.34. The Morgan fingerprint density at radius 2 is 1.58 bits per heavy atom. The van der Waals surface area contributed by atoms with Crippen LogP contribution in [0.1, 0.15) is 36.5 Å². The third kappa shape index (κ3) is 5.76. The van der Waals surface area contributed by atoms with Crippen molar-refractivity contribution in [3.63, 3.8) is 0 Å². The summed E-state index contributed by atoms with van der Waals surface area (Å²) in [6, 6.07) is 9.02. The van der Waals surface area contributed by atoms with Crippen LogP contribution in [0.2, 0.25) is 0 Å². The Kier molecular flexibility index (Phi) is 8.22. The van der Waals surface area contributed by atoms with E-state index in [1.165, 1.54) is 49.9 Å². The monoisotopic (exact) mass is 545 g/mol. The lowest BCUT2D eigenvalue weighted by atomic mass is 9.94. The molecule has 204 valence electrons. The maximum atomic E-state index is 13.1. The maximum absolute atomic E-state index is 13.1. The number of rotatable bonds is 9. The molecule has 1 fully saturated rings. The van der Waals surface area contributed by atoms with Gasteiger partial charge in [0, 0.05) is 18.7 Å². The number of ether oxygens (including phenoxy) is 4. The van der Waals surface area contributed by atoms with Crippen LogP contribution in [0.25, 0.3) is 11.5 Å². The van der Waals surface area contributed by atoms with Crippen LogP contribution in [0, 0.1) is 11.8 Å². The van der Waals surface area contributed by atoms with Gasteiger partial charge in [-0.05, 0) is 54.7 Å². The fraction of sp³-hybridized carbons (Fsp3) is 0.423. The highest BCUT2D eigenvalue weighted by Gasteiger charge is 2.31. The molecule has 0 N–H and O–H groups in total. The van der Waals surface area contributed by atoms with Crippen molar-refractivity contribution in [1.29, 1.82) is 0 Å². The van der Waals surface area contributed by atoms with E-state index in [1.807, 2.05) is 13.8 Å². The van der Waals surface area contributed by atoms with Gasteiger partial charge in [-0.1, -0.05) is 13.8 Å². The number of methoxy groups -OCH3 is 3. The van der Waals surface area contributed by atoms with Gasteiger partial charge in [-0.2, -0.15) is 4.31 Å². The third-order valence-corrected chi connectivity index (χ3v) is 8.11. The van der Waals surface area contributed by atoms with Crippen molar-refractivity contribution in [3.05, 3.63) is 47.9 Å². The Hall–Kier alpha value is -3.64. The number of aromatic nitrogens is 2. The Bertz CT molecular complexity index is 1350. The predicted octanol–water partition coefficient (Wildman–Crippen LogP) is 3.79. The molecular weight excluding hydrogens is 514 g/mol. The number of hydrogen-bond donors (Lipinski definition) is 0. The second-order valence-electron chi connectivity index (χ2n) is 9.28. The minimum atomic E-state index is -3.64. The van der Waals surface area contributed by atoms with Crippen molar-refractivity contribution in [2.45, 2.75) is 31.8 Å². The van der Waals surface area contributed by atoms with Gasteiger partial charge < -0.3 is 23.4 Å². The summed E-state index contributed by atoms with van der Waals surface area (Å²) in [7, 11) is 0.852. The summed E-state index contributed by atoms with van der Waals surface area (Å²) in [5, 5.41) is 7.94. The van der Waals surface area contributed by atoms with Crippen molar-refractivity contribution in [1.82, 2.24) is 14.5 Å². The largest absolute Gasteiger partial charge is 0.493 e. The maximum Gasteiger partial charge on any atom is 0.338 e. The van der Waals surface area contributed by atoms with Crippen LogP contribution in [-0.2, 0) is 21.4 Å². The summed E-state index contributed by atoms with van der Waals surface area (Å²) in [6.07, 6.45) is 1.00. The van der Waals surface area contributed by atoms with Gasteiger partial charge in [0.2, 0.25) is 21.7 Å². The summed E-state index contributed by atoms with van der Waals surface area (Å²) < 4.78 is 54.6. The van der Waals surface area contributed by atoms with Gasteiger partial charge in [0.15, 0.2) is 18.1 Å². The van der Waals surface area contributed by atoms with Gasteiger partial charge >= 0.3 is 5.97 Å². The van der Waals surface area contributed by atoms with Crippen LogP contribution in [0.4, 0.5) is 0 Å². The highest BCUT2D eigenvalue weighted by molar-refractivity contribution is 7.89. The smallest absolute Gasteiger partial charge is 0.338 e. The molecule has 0 radical (unpaired) electrons. The molecule has 2 heterocycles. The molecule has 2 atom stereocenters. The molecule has 1 aliphatic rings. The molecule has 1 saturated heterocycles. The number of carbonyl (C=O) groups is 1. The van der Waals surface area contributed by atoms with E-state index in [0.717, 1.165) is 6.42 Å². The number of benzene rings is 2. The molecule has 3 aromatic rings. The number of carbonyl (C=O) groups excluding carboxylic acids is 1. The van der Waals surface area contributed by atoms with Crippen molar-refractivity contribution in [3.8, 4) is 28.7 Å². The first kappa shape index (κ1) is 27.4. The zero-order chi connectivity index (χ0) is 27.4.